The number of hydrogen-bond acceptors (Lipinski definition) is 5. The Morgan fingerprint density at radius 2 is 1.77 bits per heavy atom. The van der Waals surface area contributed by atoms with Gasteiger partial charge in [-0.05, 0) is 42.0 Å². The van der Waals surface area contributed by atoms with Crippen molar-refractivity contribution in [1.29, 1.82) is 0 Å². The number of carbonyl (C=O) groups is 1. The average molecular weight is 367 g/mol. The van der Waals surface area contributed by atoms with Crippen LogP contribution < -0.4 is 4.90 Å². The fourth-order valence-corrected chi connectivity index (χ4v) is 3.49. The molecule has 1 heterocycles. The van der Waals surface area contributed by atoms with E-state index in [0.717, 1.165) is 11.3 Å². The topological polar surface area (TPSA) is 63.9 Å². The molecule has 7 heteroatoms. The summed E-state index contributed by atoms with van der Waals surface area (Å²) in [5.74, 6) is 0.0398. The van der Waals surface area contributed by atoms with Gasteiger partial charge in [0.1, 0.15) is 0 Å². The quantitative estimate of drug-likeness (QED) is 0.600. The van der Waals surface area contributed by atoms with Gasteiger partial charge >= 0.3 is 0 Å². The lowest BCUT2D eigenvalue weighted by molar-refractivity contribution is -0.117. The van der Waals surface area contributed by atoms with Crippen LogP contribution in [0.2, 0.25) is 0 Å². The minimum atomic E-state index is -0.296. The van der Waals surface area contributed by atoms with E-state index in [9.17, 15) is 4.79 Å². The van der Waals surface area contributed by atoms with Crippen LogP contribution in [0, 0.1) is 0 Å². The van der Waals surface area contributed by atoms with Gasteiger partial charge in [0.2, 0.25) is 11.1 Å². The van der Waals surface area contributed by atoms with Crippen molar-refractivity contribution in [2.24, 2.45) is 0 Å². The molecule has 0 N–H and O–H groups in total. The lowest BCUT2D eigenvalue weighted by atomic mass is 10.2. The van der Waals surface area contributed by atoms with Crippen LogP contribution in [0.3, 0.4) is 0 Å². The van der Waals surface area contributed by atoms with E-state index in [1.807, 2.05) is 74.5 Å². The van der Waals surface area contributed by atoms with Crippen LogP contribution in [-0.2, 0) is 11.3 Å². The monoisotopic (exact) mass is 367 g/mol. The second-order valence-corrected chi connectivity index (χ2v) is 7.09. The number of amides is 1. The molecular weight excluding hydrogens is 346 g/mol. The zero-order valence-electron chi connectivity index (χ0n) is 14.8. The van der Waals surface area contributed by atoms with Crippen molar-refractivity contribution in [2.45, 2.75) is 30.8 Å². The molecule has 3 rings (SSSR count). The highest BCUT2D eigenvalue weighted by Gasteiger charge is 2.24. The van der Waals surface area contributed by atoms with Crippen molar-refractivity contribution >= 4 is 23.4 Å². The summed E-state index contributed by atoms with van der Waals surface area (Å²) in [6, 6.07) is 19.7. The maximum atomic E-state index is 12.9. The molecule has 0 saturated carbocycles. The summed E-state index contributed by atoms with van der Waals surface area (Å²) in [5, 5.41) is 12.3. The molecule has 0 aliphatic heterocycles. The highest BCUT2D eigenvalue weighted by atomic mass is 32.2. The Balaban J connectivity index is 1.71. The van der Waals surface area contributed by atoms with E-state index >= 15 is 0 Å². The molecule has 1 amide bonds. The molecule has 26 heavy (non-hydrogen) atoms. The standard InChI is InChI=1S/C19H21N5OS/c1-3-23(17-12-8-5-9-13-17)18(25)15(2)26-19-20-21-22-24(19)14-16-10-6-4-7-11-16/h4-13,15H,3,14H2,1-2H3. The molecule has 1 aromatic heterocycles. The maximum absolute atomic E-state index is 12.9. The molecule has 1 unspecified atom stereocenters. The highest BCUT2D eigenvalue weighted by molar-refractivity contribution is 8.00. The predicted octanol–water partition coefficient (Wildman–Crippen LogP) is 3.26. The van der Waals surface area contributed by atoms with Crippen molar-refractivity contribution in [3.63, 3.8) is 0 Å². The van der Waals surface area contributed by atoms with Crippen molar-refractivity contribution in [3.05, 3.63) is 66.2 Å². The zero-order chi connectivity index (χ0) is 18.4. The predicted molar refractivity (Wildman–Crippen MR) is 103 cm³/mol. The van der Waals surface area contributed by atoms with Gasteiger partial charge in [-0.25, -0.2) is 4.68 Å². The Morgan fingerprint density at radius 3 is 2.42 bits per heavy atom. The normalized spacial score (nSPS) is 11.9. The van der Waals surface area contributed by atoms with Crippen LogP contribution >= 0.6 is 11.8 Å². The summed E-state index contributed by atoms with van der Waals surface area (Å²) in [5.41, 5.74) is 2.01. The highest BCUT2D eigenvalue weighted by Crippen LogP contribution is 2.24. The Kier molecular flexibility index (Phi) is 6.01. The molecular formula is C19H21N5OS. The molecule has 0 fully saturated rings. The van der Waals surface area contributed by atoms with Crippen LogP contribution in [0.15, 0.2) is 65.8 Å². The van der Waals surface area contributed by atoms with Gasteiger partial charge in [0.05, 0.1) is 11.8 Å². The lowest BCUT2D eigenvalue weighted by Gasteiger charge is -2.24. The Hall–Kier alpha value is -2.67. The molecule has 0 saturated heterocycles. The number of aromatic nitrogens is 4. The number of tetrazole rings is 1. The third kappa shape index (κ3) is 4.29. The third-order valence-electron chi connectivity index (χ3n) is 3.95. The first-order valence-corrected chi connectivity index (χ1v) is 9.40. The smallest absolute Gasteiger partial charge is 0.240 e. The van der Waals surface area contributed by atoms with Gasteiger partial charge in [0, 0.05) is 12.2 Å². The minimum Gasteiger partial charge on any atom is -0.312 e. The lowest BCUT2D eigenvalue weighted by Crippen LogP contribution is -2.36. The van der Waals surface area contributed by atoms with E-state index in [0.29, 0.717) is 18.2 Å². The largest absolute Gasteiger partial charge is 0.312 e. The van der Waals surface area contributed by atoms with Crippen LogP contribution in [-0.4, -0.2) is 37.9 Å². The number of nitrogens with zero attached hydrogens (tertiary/aromatic N) is 5. The molecule has 0 aliphatic rings. The number of carbonyl (C=O) groups excluding carboxylic acids is 1. The first kappa shape index (κ1) is 18.1. The van der Waals surface area contributed by atoms with Crippen molar-refractivity contribution in [3.8, 4) is 0 Å². The van der Waals surface area contributed by atoms with Gasteiger partial charge in [-0.1, -0.05) is 60.3 Å². The number of hydrogen-bond donors (Lipinski definition) is 0. The first-order chi connectivity index (χ1) is 12.7. The third-order valence-corrected chi connectivity index (χ3v) is 5.01. The molecule has 0 spiro atoms. The number of rotatable bonds is 7. The SMILES string of the molecule is CCN(C(=O)C(C)Sc1nnnn1Cc1ccccc1)c1ccccc1. The van der Waals surface area contributed by atoms with Crippen LogP contribution in [0.4, 0.5) is 5.69 Å². The summed E-state index contributed by atoms with van der Waals surface area (Å²) in [6.45, 7) is 5.05. The number of benzene rings is 2. The van der Waals surface area contributed by atoms with E-state index in [2.05, 4.69) is 15.5 Å². The van der Waals surface area contributed by atoms with E-state index in [-0.39, 0.29) is 11.2 Å². The molecule has 6 nitrogen and oxygen atoms in total. The summed E-state index contributed by atoms with van der Waals surface area (Å²) < 4.78 is 1.72. The number of anilines is 1. The molecule has 2 aromatic carbocycles. The van der Waals surface area contributed by atoms with Crippen molar-refractivity contribution in [1.82, 2.24) is 20.2 Å². The Bertz CT molecular complexity index is 837. The maximum Gasteiger partial charge on any atom is 0.240 e. The van der Waals surface area contributed by atoms with E-state index in [4.69, 9.17) is 0 Å². The van der Waals surface area contributed by atoms with Crippen LogP contribution in [0.25, 0.3) is 0 Å². The summed E-state index contributed by atoms with van der Waals surface area (Å²) in [4.78, 5) is 14.7. The summed E-state index contributed by atoms with van der Waals surface area (Å²) in [6.07, 6.45) is 0. The van der Waals surface area contributed by atoms with Crippen molar-refractivity contribution in [2.75, 3.05) is 11.4 Å². The average Bonchev–Trinajstić information content (AvgIpc) is 3.10. The first-order valence-electron chi connectivity index (χ1n) is 8.52. The fourth-order valence-electron chi connectivity index (χ4n) is 2.64. The van der Waals surface area contributed by atoms with Crippen molar-refractivity contribution < 1.29 is 4.79 Å². The molecule has 0 radical (unpaired) electrons. The Morgan fingerprint density at radius 1 is 1.12 bits per heavy atom. The summed E-state index contributed by atoms with van der Waals surface area (Å²) in [7, 11) is 0. The molecule has 1 atom stereocenters. The molecule has 0 bridgehead atoms. The van der Waals surface area contributed by atoms with Gasteiger partial charge in [0.15, 0.2) is 0 Å². The second kappa shape index (κ2) is 8.62. The second-order valence-electron chi connectivity index (χ2n) is 5.78. The molecule has 3 aromatic rings. The number of para-hydroxylation sites is 1. The fraction of sp³-hybridized carbons (Fsp3) is 0.263. The van der Waals surface area contributed by atoms with E-state index in [1.54, 1.807) is 9.58 Å². The summed E-state index contributed by atoms with van der Waals surface area (Å²) >= 11 is 1.38. The number of thioether (sulfide) groups is 1. The van der Waals surface area contributed by atoms with Crippen LogP contribution in [0.5, 0.6) is 0 Å². The van der Waals surface area contributed by atoms with Gasteiger partial charge in [-0.2, -0.15) is 0 Å². The molecule has 134 valence electrons. The molecule has 0 aliphatic carbocycles. The zero-order valence-corrected chi connectivity index (χ0v) is 15.6. The van der Waals surface area contributed by atoms with Gasteiger partial charge in [-0.15, -0.1) is 5.10 Å². The van der Waals surface area contributed by atoms with Gasteiger partial charge in [0.25, 0.3) is 0 Å². The minimum absolute atomic E-state index is 0.0398. The van der Waals surface area contributed by atoms with Gasteiger partial charge < -0.3 is 4.90 Å². The van der Waals surface area contributed by atoms with Gasteiger partial charge in [-0.3, -0.25) is 4.79 Å². The van der Waals surface area contributed by atoms with E-state index in [1.165, 1.54) is 11.8 Å². The van der Waals surface area contributed by atoms with E-state index < -0.39 is 0 Å². The van der Waals surface area contributed by atoms with Crippen LogP contribution in [0.1, 0.15) is 19.4 Å². The Labute approximate surface area is 157 Å².